The molecule has 0 fully saturated rings. The fourth-order valence-electron chi connectivity index (χ4n) is 1.93. The quantitative estimate of drug-likeness (QED) is 0.493. The van der Waals surface area contributed by atoms with Crippen molar-refractivity contribution in [3.8, 4) is 0 Å². The van der Waals surface area contributed by atoms with Gasteiger partial charge in [0.25, 0.3) is 0 Å². The molecule has 1 nitrogen and oxygen atoms in total. The molecule has 0 atom stereocenters. The maximum Gasteiger partial charge on any atom is 1.00 e. The monoisotopic (exact) mass is 226 g/mol. The summed E-state index contributed by atoms with van der Waals surface area (Å²) in [6.45, 7) is 3.30. The summed E-state index contributed by atoms with van der Waals surface area (Å²) in [5.74, 6) is 0. The van der Waals surface area contributed by atoms with E-state index in [2.05, 4.69) is 50.2 Å². The predicted octanol–water partition coefficient (Wildman–Crippen LogP) is 0.875. The summed E-state index contributed by atoms with van der Waals surface area (Å²) in [7, 11) is 4.22. The first-order chi connectivity index (χ1) is 7.72. The van der Waals surface area contributed by atoms with Gasteiger partial charge >= 0.3 is 18.9 Å². The minimum atomic E-state index is 0. The van der Waals surface area contributed by atoms with Gasteiger partial charge in [0.1, 0.15) is 0 Å². The predicted molar refractivity (Wildman–Crippen MR) is 71.7 cm³/mol. The third kappa shape index (κ3) is 7.66. The third-order valence-corrected chi connectivity index (χ3v) is 2.84. The Labute approximate surface area is 119 Å². The van der Waals surface area contributed by atoms with Crippen LogP contribution >= 0.6 is 0 Å². The van der Waals surface area contributed by atoms with Crippen LogP contribution in [-0.2, 0) is 13.0 Å². The molecule has 0 aliphatic rings. The topological polar surface area (TPSA) is 3.24 Å². The Morgan fingerprint density at radius 2 is 1.47 bits per heavy atom. The summed E-state index contributed by atoms with van der Waals surface area (Å²) >= 11 is 0. The van der Waals surface area contributed by atoms with Crippen LogP contribution in [0.2, 0.25) is 0 Å². The largest absolute Gasteiger partial charge is 1.00 e. The van der Waals surface area contributed by atoms with Gasteiger partial charge in [0.05, 0.1) is 0 Å². The van der Waals surface area contributed by atoms with Gasteiger partial charge in [-0.05, 0) is 38.1 Å². The number of aryl methyl sites for hydroxylation is 1. The molecular weight excluding hydrogens is 201 g/mol. The van der Waals surface area contributed by atoms with Crippen LogP contribution in [0.15, 0.2) is 24.3 Å². The Morgan fingerprint density at radius 3 is 2.00 bits per heavy atom. The van der Waals surface area contributed by atoms with Gasteiger partial charge in [-0.3, -0.25) is 0 Å². The molecule has 1 aromatic carbocycles. The third-order valence-electron chi connectivity index (χ3n) is 2.84. The van der Waals surface area contributed by atoms with Gasteiger partial charge in [-0.15, -0.1) is 0 Å². The number of hydrogen-bond acceptors (Lipinski definition) is 1. The summed E-state index contributed by atoms with van der Waals surface area (Å²) in [6, 6.07) is 9.08. The van der Waals surface area contributed by atoms with Crippen LogP contribution in [-0.4, -0.2) is 19.0 Å². The molecule has 2 heteroatoms. The molecule has 0 spiro atoms. The van der Waals surface area contributed by atoms with E-state index >= 15 is 0 Å². The normalized spacial score (nSPS) is 10.4. The average Bonchev–Trinajstić information content (AvgIpc) is 2.26. The Balaban J connectivity index is 0.00000256. The van der Waals surface area contributed by atoms with Crippen molar-refractivity contribution in [1.82, 2.24) is 4.90 Å². The zero-order chi connectivity index (χ0) is 11.8. The zero-order valence-corrected chi connectivity index (χ0v) is 12.0. The molecule has 0 aliphatic carbocycles. The van der Waals surface area contributed by atoms with Crippen molar-refractivity contribution in [3.05, 3.63) is 35.4 Å². The van der Waals surface area contributed by atoms with E-state index in [4.69, 9.17) is 0 Å². The molecule has 0 unspecified atom stereocenters. The van der Waals surface area contributed by atoms with E-state index in [0.717, 1.165) is 6.54 Å². The van der Waals surface area contributed by atoms with Crippen molar-refractivity contribution >= 4 is 0 Å². The molecule has 0 aromatic heterocycles. The van der Waals surface area contributed by atoms with Crippen LogP contribution in [0.4, 0.5) is 0 Å². The van der Waals surface area contributed by atoms with Crippen LogP contribution in [0.25, 0.3) is 0 Å². The van der Waals surface area contributed by atoms with Crippen molar-refractivity contribution < 1.29 is 18.9 Å². The van der Waals surface area contributed by atoms with Crippen molar-refractivity contribution in [3.63, 3.8) is 0 Å². The fraction of sp³-hybridized carbons (Fsp3) is 0.600. The first kappa shape index (κ1) is 16.8. The Bertz CT molecular complexity index is 279. The number of rotatable bonds is 7. The molecule has 0 N–H and O–H groups in total. The molecule has 0 saturated carbocycles. The van der Waals surface area contributed by atoms with Crippen molar-refractivity contribution in [2.75, 3.05) is 14.1 Å². The summed E-state index contributed by atoms with van der Waals surface area (Å²) < 4.78 is 0. The number of benzene rings is 1. The first-order valence-corrected chi connectivity index (χ1v) is 6.45. The molecule has 0 radical (unpaired) electrons. The zero-order valence-electron chi connectivity index (χ0n) is 12.0. The van der Waals surface area contributed by atoms with Crippen LogP contribution < -0.4 is 18.9 Å². The summed E-state index contributed by atoms with van der Waals surface area (Å²) in [5.41, 5.74) is 2.89. The summed E-state index contributed by atoms with van der Waals surface area (Å²) in [6.07, 6.45) is 6.64. The molecule has 1 rings (SSSR count). The maximum atomic E-state index is 2.28. The minimum absolute atomic E-state index is 0. The van der Waals surface area contributed by atoms with E-state index in [1.807, 2.05) is 0 Å². The van der Waals surface area contributed by atoms with Crippen molar-refractivity contribution in [2.24, 2.45) is 0 Å². The van der Waals surface area contributed by atoms with E-state index in [1.54, 1.807) is 0 Å². The Hall–Kier alpha value is -0.223. The smallest absolute Gasteiger partial charge is 0.305 e. The van der Waals surface area contributed by atoms with E-state index in [0.29, 0.717) is 0 Å². The first-order valence-electron chi connectivity index (χ1n) is 6.45. The fourth-order valence-corrected chi connectivity index (χ4v) is 1.93. The Morgan fingerprint density at radius 1 is 0.882 bits per heavy atom. The number of hydrogen-bond donors (Lipinski definition) is 0. The SMILES string of the molecule is CCCCCCc1ccc(CN(C)C)cc1.[Li+]. The molecule has 17 heavy (non-hydrogen) atoms. The van der Waals surface area contributed by atoms with Gasteiger partial charge in [0, 0.05) is 6.54 Å². The van der Waals surface area contributed by atoms with Crippen LogP contribution in [0, 0.1) is 0 Å². The van der Waals surface area contributed by atoms with Gasteiger partial charge < -0.3 is 4.90 Å². The number of nitrogens with zero attached hydrogens (tertiary/aromatic N) is 1. The Kier molecular flexibility index (Phi) is 9.64. The maximum absolute atomic E-state index is 2.28. The van der Waals surface area contributed by atoms with Gasteiger partial charge in [-0.2, -0.15) is 0 Å². The van der Waals surface area contributed by atoms with Gasteiger partial charge in [-0.25, -0.2) is 0 Å². The molecule has 0 aliphatic heterocycles. The van der Waals surface area contributed by atoms with Crippen molar-refractivity contribution in [2.45, 2.75) is 45.6 Å². The van der Waals surface area contributed by atoms with Gasteiger partial charge in [-0.1, -0.05) is 50.5 Å². The summed E-state index contributed by atoms with van der Waals surface area (Å²) in [5, 5.41) is 0. The van der Waals surface area contributed by atoms with Gasteiger partial charge in [0.15, 0.2) is 0 Å². The van der Waals surface area contributed by atoms with Crippen molar-refractivity contribution in [1.29, 1.82) is 0 Å². The minimum Gasteiger partial charge on any atom is -0.305 e. The molecule has 0 saturated heterocycles. The average molecular weight is 226 g/mol. The van der Waals surface area contributed by atoms with E-state index in [-0.39, 0.29) is 18.9 Å². The van der Waals surface area contributed by atoms with E-state index in [9.17, 15) is 0 Å². The number of unbranched alkanes of at least 4 members (excludes halogenated alkanes) is 3. The van der Waals surface area contributed by atoms with Crippen LogP contribution in [0.3, 0.4) is 0 Å². The van der Waals surface area contributed by atoms with Gasteiger partial charge in [0.2, 0.25) is 0 Å². The molecule has 0 amide bonds. The van der Waals surface area contributed by atoms with Crippen LogP contribution in [0.1, 0.15) is 43.7 Å². The second-order valence-electron chi connectivity index (χ2n) is 4.86. The standard InChI is InChI=1S/C15H25N.Li/c1-4-5-6-7-8-14-9-11-15(12-10-14)13-16(2)3;/h9-12H,4-8,13H2,1-3H3;/q;+1. The molecular formula is C15H25LiN+. The van der Waals surface area contributed by atoms with E-state index < -0.39 is 0 Å². The van der Waals surface area contributed by atoms with E-state index in [1.165, 1.54) is 43.2 Å². The molecule has 90 valence electrons. The van der Waals surface area contributed by atoms with Crippen LogP contribution in [0.5, 0.6) is 0 Å². The summed E-state index contributed by atoms with van der Waals surface area (Å²) in [4.78, 5) is 2.20. The second-order valence-corrected chi connectivity index (χ2v) is 4.86. The second kappa shape index (κ2) is 9.77. The molecule has 0 heterocycles. The molecule has 0 bridgehead atoms. The molecule has 1 aromatic rings.